The molecule has 2 atom stereocenters. The second-order valence-corrected chi connectivity index (χ2v) is 24.9. The van der Waals surface area contributed by atoms with Crippen molar-refractivity contribution < 1.29 is 19.1 Å². The van der Waals surface area contributed by atoms with Crippen molar-refractivity contribution in [2.24, 2.45) is 11.8 Å². The molecule has 6 aromatic rings. The van der Waals surface area contributed by atoms with Gasteiger partial charge in [-0.25, -0.2) is 4.79 Å². The molecule has 2 amide bonds. The Balaban J connectivity index is 1.27. The van der Waals surface area contributed by atoms with Crippen LogP contribution in [0.25, 0.3) is 41.8 Å². The fraction of sp³-hybridized carbons (Fsp3) is 0.507. The fourth-order valence-electron chi connectivity index (χ4n) is 11.8. The lowest BCUT2D eigenvalue weighted by Gasteiger charge is -2.26. The molecule has 400 valence electrons. The van der Waals surface area contributed by atoms with Crippen LogP contribution in [0.15, 0.2) is 84.2 Å². The third-order valence-corrected chi connectivity index (χ3v) is 18.4. The molecule has 2 aliphatic rings. The first-order chi connectivity index (χ1) is 36.4. The number of unbranched alkanes of at least 4 members (excludes halogenated alkanes) is 11. The Morgan fingerprint density at radius 3 is 1.69 bits per heavy atom. The minimum Gasteiger partial charge on any atom is -0.423 e. The van der Waals surface area contributed by atoms with Crippen molar-refractivity contribution in [3.8, 4) is 16.2 Å². The van der Waals surface area contributed by atoms with Gasteiger partial charge in [-0.15, -0.1) is 22.7 Å². The molecule has 0 aliphatic carbocycles. The average Bonchev–Trinajstić information content (AvgIpc) is 4.21. The molecule has 8 rings (SSSR count). The number of ether oxygens (including phenoxy) is 1. The summed E-state index contributed by atoms with van der Waals surface area (Å²) in [7, 11) is 0. The van der Waals surface area contributed by atoms with Crippen molar-refractivity contribution >= 4 is 83.2 Å². The largest absolute Gasteiger partial charge is 0.423 e. The van der Waals surface area contributed by atoms with Crippen molar-refractivity contribution in [3.05, 3.63) is 112 Å². The molecular formula is C67H86N2O4S2. The van der Waals surface area contributed by atoms with E-state index in [0.29, 0.717) is 47.4 Å². The highest BCUT2D eigenvalue weighted by Crippen LogP contribution is 2.51. The zero-order valence-corrected chi connectivity index (χ0v) is 48.5. The summed E-state index contributed by atoms with van der Waals surface area (Å²) in [6.45, 7) is 19.3. The van der Waals surface area contributed by atoms with E-state index in [-0.39, 0.29) is 23.2 Å². The number of rotatable bonds is 28. The van der Waals surface area contributed by atoms with E-state index in [1.807, 2.05) is 30.3 Å². The number of thiophene rings is 2. The van der Waals surface area contributed by atoms with Crippen LogP contribution in [-0.2, 0) is 21.4 Å². The van der Waals surface area contributed by atoms with Gasteiger partial charge in [-0.05, 0) is 120 Å². The lowest BCUT2D eigenvalue weighted by molar-refractivity contribution is -0.114. The van der Waals surface area contributed by atoms with Gasteiger partial charge in [0.15, 0.2) is 0 Å². The van der Waals surface area contributed by atoms with Crippen LogP contribution < -0.4 is 14.5 Å². The van der Waals surface area contributed by atoms with Crippen molar-refractivity contribution in [2.75, 3.05) is 22.9 Å². The first kappa shape index (κ1) is 56.2. The van der Waals surface area contributed by atoms with Crippen molar-refractivity contribution in [1.29, 1.82) is 0 Å². The van der Waals surface area contributed by atoms with E-state index < -0.39 is 0 Å². The Kier molecular flexibility index (Phi) is 19.7. The van der Waals surface area contributed by atoms with Gasteiger partial charge in [0.25, 0.3) is 11.8 Å². The maximum absolute atomic E-state index is 15.8. The summed E-state index contributed by atoms with van der Waals surface area (Å²) in [6, 6.07) is 26.9. The van der Waals surface area contributed by atoms with Crippen LogP contribution in [-0.4, -0.2) is 30.9 Å². The highest BCUT2D eigenvalue weighted by Gasteiger charge is 2.44. The molecule has 75 heavy (non-hydrogen) atoms. The van der Waals surface area contributed by atoms with Crippen LogP contribution in [0.4, 0.5) is 11.4 Å². The number of esters is 1. The van der Waals surface area contributed by atoms with Gasteiger partial charge in [-0.3, -0.25) is 9.59 Å². The van der Waals surface area contributed by atoms with Gasteiger partial charge in [-0.1, -0.05) is 194 Å². The molecule has 0 saturated heterocycles. The first-order valence-electron chi connectivity index (χ1n) is 29.3. The Morgan fingerprint density at radius 2 is 1.12 bits per heavy atom. The van der Waals surface area contributed by atoms with Gasteiger partial charge in [0.2, 0.25) is 0 Å². The summed E-state index contributed by atoms with van der Waals surface area (Å²) < 4.78 is 8.40. The summed E-state index contributed by atoms with van der Waals surface area (Å²) in [5.41, 5.74) is 8.54. The minimum absolute atomic E-state index is 0.0361. The number of benzene rings is 4. The van der Waals surface area contributed by atoms with E-state index in [0.717, 1.165) is 144 Å². The number of para-hydroxylation sites is 1. The van der Waals surface area contributed by atoms with Crippen LogP contribution in [0.2, 0.25) is 0 Å². The Morgan fingerprint density at radius 1 is 0.573 bits per heavy atom. The quantitative estimate of drug-likeness (QED) is 0.0213. The summed E-state index contributed by atoms with van der Waals surface area (Å²) in [4.78, 5) is 51.0. The van der Waals surface area contributed by atoms with E-state index in [1.165, 1.54) is 55.2 Å². The second-order valence-electron chi connectivity index (χ2n) is 22.9. The Bertz CT molecular complexity index is 2930. The predicted molar refractivity (Wildman–Crippen MR) is 322 cm³/mol. The van der Waals surface area contributed by atoms with Gasteiger partial charge in [0.1, 0.15) is 5.75 Å². The maximum Gasteiger partial charge on any atom is 0.344 e. The van der Waals surface area contributed by atoms with E-state index in [2.05, 4.69) is 119 Å². The molecule has 2 aliphatic heterocycles. The van der Waals surface area contributed by atoms with E-state index in [1.54, 1.807) is 22.7 Å². The zero-order valence-electron chi connectivity index (χ0n) is 46.8. The van der Waals surface area contributed by atoms with Crippen LogP contribution >= 0.6 is 22.7 Å². The summed E-state index contributed by atoms with van der Waals surface area (Å²) >= 11 is 3.46. The molecule has 0 radical (unpaired) electrons. The van der Waals surface area contributed by atoms with E-state index >= 15 is 9.59 Å². The number of aryl methyl sites for hydroxylation is 1. The van der Waals surface area contributed by atoms with Crippen molar-refractivity contribution in [2.45, 2.75) is 196 Å². The molecule has 4 heterocycles. The van der Waals surface area contributed by atoms with Gasteiger partial charge >= 0.3 is 5.97 Å². The van der Waals surface area contributed by atoms with Crippen LogP contribution in [0.3, 0.4) is 0 Å². The number of nitrogens with zero attached hydrogens (tertiary/aromatic N) is 2. The molecule has 8 heteroatoms. The molecule has 2 aromatic heterocycles. The topological polar surface area (TPSA) is 66.9 Å². The molecule has 2 unspecified atom stereocenters. The molecule has 0 bridgehead atoms. The fourth-order valence-corrected chi connectivity index (χ4v) is 14.0. The van der Waals surface area contributed by atoms with Crippen LogP contribution in [0.5, 0.6) is 5.75 Å². The van der Waals surface area contributed by atoms with Crippen LogP contribution in [0, 0.1) is 11.8 Å². The number of hydrogen-bond donors (Lipinski definition) is 0. The average molecular weight is 1050 g/mol. The molecule has 6 nitrogen and oxygen atoms in total. The number of hydrogen-bond acceptors (Lipinski definition) is 6. The van der Waals surface area contributed by atoms with E-state index in [4.69, 9.17) is 4.74 Å². The lowest BCUT2D eigenvalue weighted by Crippen LogP contribution is -2.34. The molecule has 0 N–H and O–H groups in total. The van der Waals surface area contributed by atoms with Crippen molar-refractivity contribution in [1.82, 2.24) is 0 Å². The Labute approximate surface area is 458 Å². The number of amides is 2. The zero-order chi connectivity index (χ0) is 53.1. The number of anilines is 2. The van der Waals surface area contributed by atoms with Gasteiger partial charge in [0.05, 0.1) is 37.5 Å². The minimum atomic E-state index is -0.316. The maximum atomic E-state index is 15.8. The number of fused-ring (bicyclic) bond motifs is 5. The molecule has 0 fully saturated rings. The molecule has 0 saturated carbocycles. The monoisotopic (exact) mass is 1050 g/mol. The predicted octanol–water partition coefficient (Wildman–Crippen LogP) is 19.6. The highest BCUT2D eigenvalue weighted by molar-refractivity contribution is 7.28. The summed E-state index contributed by atoms with van der Waals surface area (Å²) in [6.07, 6.45) is 23.6. The second kappa shape index (κ2) is 26.3. The summed E-state index contributed by atoms with van der Waals surface area (Å²) in [5, 5.41) is 4.15. The standard InChI is InChI=1S/C67H86N2O4S2/c1-9-14-19-23-30-46(28-17-12-4)44-68-56-41-48(58-43-55-51(34-27-21-16-11-3)59(54-39-40-74-62(54)63(55)75-58)66(72)73-50-32-25-22-26-33-50)35-37-52(56)60(64(68)70)61-53-38-36-49(67(6,7)8)42-57(53)69(65(61)71)45-47(29-18-13-5)31-24-20-15-10-2/h22,25-26,32-33,35-43,46-47H,9-21,23-24,27-31,34,44-45H2,1-8H3/b61-60+. The Hall–Kier alpha value is -5.05. The smallest absolute Gasteiger partial charge is 0.344 e. The van der Waals surface area contributed by atoms with Crippen molar-refractivity contribution in [3.63, 3.8) is 0 Å². The van der Waals surface area contributed by atoms with Crippen LogP contribution in [0.1, 0.15) is 216 Å². The third-order valence-electron chi connectivity index (χ3n) is 16.1. The highest BCUT2D eigenvalue weighted by atomic mass is 32.1. The van der Waals surface area contributed by atoms with Gasteiger partial charge in [0, 0.05) is 34.5 Å². The number of carbonyl (C=O) groups excluding carboxylic acids is 3. The third kappa shape index (κ3) is 12.9. The first-order valence-corrected chi connectivity index (χ1v) is 31.0. The lowest BCUT2D eigenvalue weighted by atomic mass is 9.85. The van der Waals surface area contributed by atoms with Gasteiger partial charge < -0.3 is 14.5 Å². The van der Waals surface area contributed by atoms with Gasteiger partial charge in [-0.2, -0.15) is 0 Å². The molecule has 0 spiro atoms. The summed E-state index contributed by atoms with van der Waals surface area (Å²) in [5.74, 6) is 0.866. The molecular weight excluding hydrogens is 961 g/mol. The number of carbonyl (C=O) groups is 3. The van der Waals surface area contributed by atoms with E-state index in [9.17, 15) is 4.79 Å². The molecule has 4 aromatic carbocycles. The SMILES string of the molecule is CCCCCCc1c(C(=O)Oc2ccccc2)c2ccsc2c2sc(-c3ccc4c(c3)N(CC(CCCC)CCCCCC)C(=O)/C4=C3/C(=O)N(CC(CCCC)CCCCCC)c4cc(C(C)(C)C)ccc43)cc12. The normalized spacial score (nSPS) is 15.4.